The minimum absolute atomic E-state index is 0.0730. The Bertz CT molecular complexity index is 1160. The van der Waals surface area contributed by atoms with E-state index in [4.69, 9.17) is 28.5 Å². The van der Waals surface area contributed by atoms with Crippen molar-refractivity contribution in [2.45, 2.75) is 18.9 Å². The number of nitrogens with one attached hydrogen (secondary N) is 1. The number of piperidine rings is 1. The first-order valence-electron chi connectivity index (χ1n) is 9.60. The van der Waals surface area contributed by atoms with Crippen LogP contribution in [0.3, 0.4) is 0 Å². The summed E-state index contributed by atoms with van der Waals surface area (Å²) in [6.07, 6.45) is 4.38. The molecule has 4 rings (SSSR count). The van der Waals surface area contributed by atoms with Crippen molar-refractivity contribution in [1.82, 2.24) is 19.9 Å². The number of aromatic nitrogens is 3. The Hall–Kier alpha value is -2.97. The summed E-state index contributed by atoms with van der Waals surface area (Å²) >= 11 is 11.8. The standard InChI is InChI=1S/C21H18Cl2FN6O/c1-2-17(31)30-9-3-4-12(10-30)27-16-8-7-15-20(29-16)21(26-11-25-15)28-14-6-5-13(22)18(23)19(14)24/h2,5-8,11-12H,1,3-4,9-10H2,(H-,25,26,27,28,29)/q-1. The average molecular weight is 460 g/mol. The maximum Gasteiger partial charge on any atom is 0.245 e. The summed E-state index contributed by atoms with van der Waals surface area (Å²) < 4.78 is 14.5. The average Bonchev–Trinajstić information content (AvgIpc) is 2.79. The Balaban J connectivity index is 1.60. The Labute approximate surface area is 188 Å². The van der Waals surface area contributed by atoms with Gasteiger partial charge >= 0.3 is 0 Å². The first kappa shape index (κ1) is 21.3. The van der Waals surface area contributed by atoms with E-state index < -0.39 is 5.82 Å². The van der Waals surface area contributed by atoms with Crippen LogP contribution in [0.5, 0.6) is 0 Å². The second-order valence-corrected chi connectivity index (χ2v) is 7.81. The van der Waals surface area contributed by atoms with Crippen LogP contribution in [0.15, 0.2) is 43.2 Å². The highest BCUT2D eigenvalue weighted by atomic mass is 35.5. The highest BCUT2D eigenvalue weighted by molar-refractivity contribution is 6.42. The molecule has 0 saturated carbocycles. The SMILES string of the molecule is C=CC(=O)N1CCCC([N-]c2ccc3ncnc(Nc4ccc(Cl)c(Cl)c4F)c3n2)C1. The van der Waals surface area contributed by atoms with Crippen molar-refractivity contribution in [2.24, 2.45) is 0 Å². The maximum absolute atomic E-state index is 14.5. The number of carbonyl (C=O) groups is 1. The number of halogens is 3. The fourth-order valence-corrected chi connectivity index (χ4v) is 3.73. The quantitative estimate of drug-likeness (QED) is 0.407. The number of likely N-dealkylation sites (tertiary alicyclic amines) is 1. The second-order valence-electron chi connectivity index (χ2n) is 7.02. The first-order chi connectivity index (χ1) is 15.0. The van der Waals surface area contributed by atoms with Crippen LogP contribution in [-0.4, -0.2) is 44.9 Å². The fourth-order valence-electron chi connectivity index (χ4n) is 3.42. The molecule has 1 aliphatic heterocycles. The van der Waals surface area contributed by atoms with E-state index in [1.807, 2.05) is 0 Å². The monoisotopic (exact) mass is 459 g/mol. The van der Waals surface area contributed by atoms with Crippen molar-refractivity contribution >= 4 is 57.5 Å². The number of hydrogen-bond acceptors (Lipinski definition) is 5. The molecule has 2 aromatic heterocycles. The summed E-state index contributed by atoms with van der Waals surface area (Å²) in [4.78, 5) is 26.6. The number of rotatable bonds is 5. The Morgan fingerprint density at radius 3 is 2.94 bits per heavy atom. The van der Waals surface area contributed by atoms with Gasteiger partial charge in [0.25, 0.3) is 0 Å². The van der Waals surface area contributed by atoms with Crippen molar-refractivity contribution in [3.05, 3.63) is 64.4 Å². The Morgan fingerprint density at radius 2 is 2.13 bits per heavy atom. The molecule has 0 radical (unpaired) electrons. The summed E-state index contributed by atoms with van der Waals surface area (Å²) in [6, 6.07) is 6.42. The van der Waals surface area contributed by atoms with Crippen molar-refractivity contribution in [2.75, 3.05) is 18.4 Å². The molecule has 3 heterocycles. The normalized spacial score (nSPS) is 16.2. The number of nitrogens with zero attached hydrogens (tertiary/aromatic N) is 5. The lowest BCUT2D eigenvalue weighted by atomic mass is 10.1. The highest BCUT2D eigenvalue weighted by Crippen LogP contribution is 2.33. The molecule has 1 aliphatic rings. The van der Waals surface area contributed by atoms with Crippen LogP contribution in [-0.2, 0) is 4.79 Å². The molecule has 1 atom stereocenters. The summed E-state index contributed by atoms with van der Waals surface area (Å²) in [5.41, 5.74) is 1.12. The zero-order valence-electron chi connectivity index (χ0n) is 16.4. The third-order valence-electron chi connectivity index (χ3n) is 4.95. The van der Waals surface area contributed by atoms with Gasteiger partial charge in [0.15, 0.2) is 5.82 Å². The van der Waals surface area contributed by atoms with Gasteiger partial charge in [0.2, 0.25) is 5.91 Å². The topological polar surface area (TPSA) is 85.1 Å². The molecule has 160 valence electrons. The van der Waals surface area contributed by atoms with E-state index in [1.54, 1.807) is 17.0 Å². The van der Waals surface area contributed by atoms with Crippen LogP contribution in [0.1, 0.15) is 12.8 Å². The van der Waals surface area contributed by atoms with E-state index in [0.717, 1.165) is 12.8 Å². The van der Waals surface area contributed by atoms with Crippen LogP contribution < -0.4 is 5.32 Å². The molecule has 7 nitrogen and oxygen atoms in total. The van der Waals surface area contributed by atoms with Crippen molar-refractivity contribution in [3.63, 3.8) is 0 Å². The number of carbonyl (C=O) groups excluding carboxylic acids is 1. The van der Waals surface area contributed by atoms with Gasteiger partial charge < -0.3 is 20.5 Å². The van der Waals surface area contributed by atoms with E-state index in [0.29, 0.717) is 35.8 Å². The third-order valence-corrected chi connectivity index (χ3v) is 5.73. The molecule has 1 N–H and O–H groups in total. The molecule has 1 fully saturated rings. The lowest BCUT2D eigenvalue weighted by Gasteiger charge is -2.36. The number of amides is 1. The number of fused-ring (bicyclic) bond motifs is 1. The smallest absolute Gasteiger partial charge is 0.245 e. The molecule has 1 amide bonds. The van der Waals surface area contributed by atoms with Gasteiger partial charge in [-0.2, -0.15) is 0 Å². The molecule has 1 saturated heterocycles. The van der Waals surface area contributed by atoms with E-state index in [-0.39, 0.29) is 27.7 Å². The first-order valence-corrected chi connectivity index (χ1v) is 10.4. The van der Waals surface area contributed by atoms with Crippen LogP contribution in [0.2, 0.25) is 10.0 Å². The molecule has 3 aromatic rings. The lowest BCUT2D eigenvalue weighted by Crippen LogP contribution is -2.40. The van der Waals surface area contributed by atoms with Gasteiger partial charge in [0, 0.05) is 18.6 Å². The van der Waals surface area contributed by atoms with Crippen LogP contribution >= 0.6 is 23.2 Å². The molecule has 31 heavy (non-hydrogen) atoms. The van der Waals surface area contributed by atoms with Crippen molar-refractivity contribution in [3.8, 4) is 0 Å². The molecule has 10 heteroatoms. The van der Waals surface area contributed by atoms with Gasteiger partial charge in [-0.3, -0.25) is 4.79 Å². The van der Waals surface area contributed by atoms with Crippen LogP contribution in [0, 0.1) is 5.82 Å². The number of pyridine rings is 1. The van der Waals surface area contributed by atoms with Gasteiger partial charge in [-0.15, -0.1) is 0 Å². The van der Waals surface area contributed by atoms with E-state index in [2.05, 4.69) is 26.8 Å². The predicted octanol–water partition coefficient (Wildman–Crippen LogP) is 5.40. The summed E-state index contributed by atoms with van der Waals surface area (Å²) in [5, 5.41) is 7.54. The van der Waals surface area contributed by atoms with Crippen molar-refractivity contribution < 1.29 is 9.18 Å². The second kappa shape index (κ2) is 9.03. The zero-order chi connectivity index (χ0) is 22.0. The van der Waals surface area contributed by atoms with E-state index in [1.165, 1.54) is 24.5 Å². The summed E-state index contributed by atoms with van der Waals surface area (Å²) in [6.45, 7) is 4.75. The number of benzene rings is 1. The maximum atomic E-state index is 14.5. The summed E-state index contributed by atoms with van der Waals surface area (Å²) in [5.74, 6) is 0.00942. The Kier molecular flexibility index (Phi) is 6.20. The number of anilines is 2. The van der Waals surface area contributed by atoms with Gasteiger partial charge in [-0.1, -0.05) is 41.7 Å². The zero-order valence-corrected chi connectivity index (χ0v) is 17.9. The molecular formula is C21H18Cl2FN6O-. The minimum atomic E-state index is -0.684. The summed E-state index contributed by atoms with van der Waals surface area (Å²) in [7, 11) is 0. The van der Waals surface area contributed by atoms with Gasteiger partial charge in [0.05, 0.1) is 21.2 Å². The third kappa shape index (κ3) is 4.55. The largest absolute Gasteiger partial charge is 0.460 e. The highest BCUT2D eigenvalue weighted by Gasteiger charge is 2.19. The van der Waals surface area contributed by atoms with Crippen LogP contribution in [0.25, 0.3) is 16.4 Å². The van der Waals surface area contributed by atoms with Gasteiger partial charge in [0.1, 0.15) is 12.1 Å². The number of hydrogen-bond donors (Lipinski definition) is 1. The van der Waals surface area contributed by atoms with Crippen molar-refractivity contribution in [1.29, 1.82) is 0 Å². The van der Waals surface area contributed by atoms with Gasteiger partial charge in [-0.25, -0.2) is 14.4 Å². The molecule has 1 unspecified atom stereocenters. The van der Waals surface area contributed by atoms with E-state index in [9.17, 15) is 9.18 Å². The molecule has 0 bridgehead atoms. The lowest BCUT2D eigenvalue weighted by molar-refractivity contribution is -0.126. The predicted molar refractivity (Wildman–Crippen MR) is 120 cm³/mol. The molecule has 0 aliphatic carbocycles. The molecule has 0 spiro atoms. The van der Waals surface area contributed by atoms with Gasteiger partial charge in [-0.05, 0) is 43.2 Å². The van der Waals surface area contributed by atoms with E-state index >= 15 is 0 Å². The Morgan fingerprint density at radius 1 is 1.29 bits per heavy atom. The minimum Gasteiger partial charge on any atom is -0.460 e. The van der Waals surface area contributed by atoms with Crippen LogP contribution in [0.4, 0.5) is 21.7 Å². The fraction of sp³-hybridized carbons (Fsp3) is 0.238. The molecule has 1 aromatic carbocycles. The molecular weight excluding hydrogens is 442 g/mol.